The fourth-order valence-corrected chi connectivity index (χ4v) is 6.40. The Bertz CT molecular complexity index is 1010. The fourth-order valence-electron chi connectivity index (χ4n) is 5.54. The highest BCUT2D eigenvalue weighted by Crippen LogP contribution is 2.32. The van der Waals surface area contributed by atoms with E-state index in [1.165, 1.54) is 18.4 Å². The number of nitrogens with zero attached hydrogens (tertiary/aromatic N) is 3. The van der Waals surface area contributed by atoms with Crippen molar-refractivity contribution >= 4 is 35.0 Å². The number of carbonyl (C=O) groups is 4. The smallest absolute Gasteiger partial charge is 0.357 e. The van der Waals surface area contributed by atoms with Crippen LogP contribution in [0, 0.1) is 17.8 Å². The summed E-state index contributed by atoms with van der Waals surface area (Å²) in [6.07, 6.45) is 5.36. The third kappa shape index (κ3) is 9.87. The van der Waals surface area contributed by atoms with Gasteiger partial charge in [0, 0.05) is 36.1 Å². The standard InChI is InChI=1S/C31H51N3O6S/c1-9-13-28(36)40-19-34(26(20(3)4)16-22(6)29-32-24(18-41-29)31(38)39-8)30(37)23(21(5)10-2)17-27(35)25-14-11-12-15-33(25)7/h18,20-23,25-26H,9-17,19H2,1-8H3/t21-,22+,23-,25+,26+/m0/s1. The van der Waals surface area contributed by atoms with E-state index in [0.717, 1.165) is 37.2 Å². The number of Topliss-reactive ketones (excluding diaryl/α,β-unsaturated/α-hetero) is 1. The number of esters is 2. The Hall–Kier alpha value is -2.33. The molecule has 0 bridgehead atoms. The number of methoxy groups -OCH3 is 1. The molecular weight excluding hydrogens is 542 g/mol. The van der Waals surface area contributed by atoms with Gasteiger partial charge >= 0.3 is 11.9 Å². The minimum absolute atomic E-state index is 0.0130. The molecule has 0 N–H and O–H groups in total. The number of aromatic nitrogens is 1. The first kappa shape index (κ1) is 34.9. The summed E-state index contributed by atoms with van der Waals surface area (Å²) in [5.74, 6) is -1.39. The lowest BCUT2D eigenvalue weighted by atomic mass is 9.82. The second-order valence-electron chi connectivity index (χ2n) is 11.9. The van der Waals surface area contributed by atoms with Crippen molar-refractivity contribution in [2.24, 2.45) is 17.8 Å². The van der Waals surface area contributed by atoms with Gasteiger partial charge in [-0.15, -0.1) is 11.3 Å². The van der Waals surface area contributed by atoms with Gasteiger partial charge in [-0.2, -0.15) is 0 Å². The molecule has 2 heterocycles. The zero-order valence-electron chi connectivity index (χ0n) is 26.3. The van der Waals surface area contributed by atoms with Crippen LogP contribution >= 0.6 is 11.3 Å². The molecule has 1 amide bonds. The predicted molar refractivity (Wildman–Crippen MR) is 161 cm³/mol. The lowest BCUT2D eigenvalue weighted by Gasteiger charge is -2.39. The van der Waals surface area contributed by atoms with Crippen LogP contribution in [0.1, 0.15) is 114 Å². The van der Waals surface area contributed by atoms with Crippen molar-refractivity contribution in [2.45, 2.75) is 111 Å². The Labute approximate surface area is 250 Å². The zero-order chi connectivity index (χ0) is 30.7. The molecule has 1 aromatic heterocycles. The van der Waals surface area contributed by atoms with Crippen LogP contribution in [0.2, 0.25) is 0 Å². The minimum Gasteiger partial charge on any atom is -0.464 e. The van der Waals surface area contributed by atoms with Crippen molar-refractivity contribution in [3.8, 4) is 0 Å². The van der Waals surface area contributed by atoms with Crippen molar-refractivity contribution in [3.63, 3.8) is 0 Å². The Kier molecular flexibility index (Phi) is 14.4. The van der Waals surface area contributed by atoms with Gasteiger partial charge in [-0.3, -0.25) is 19.3 Å². The third-order valence-corrected chi connectivity index (χ3v) is 9.49. The normalized spacial score (nSPS) is 18.8. The average molecular weight is 594 g/mol. The molecule has 2 rings (SSSR count). The van der Waals surface area contributed by atoms with Crippen LogP contribution in [0.15, 0.2) is 5.38 Å². The van der Waals surface area contributed by atoms with E-state index >= 15 is 0 Å². The monoisotopic (exact) mass is 593 g/mol. The molecule has 0 aliphatic carbocycles. The molecule has 0 spiro atoms. The van der Waals surface area contributed by atoms with E-state index in [1.54, 1.807) is 10.3 Å². The summed E-state index contributed by atoms with van der Waals surface area (Å²) in [7, 11) is 3.31. The molecule has 1 aromatic rings. The summed E-state index contributed by atoms with van der Waals surface area (Å²) in [6.45, 7) is 12.8. The third-order valence-electron chi connectivity index (χ3n) is 8.42. The molecule has 232 valence electrons. The number of rotatable bonds is 16. The first-order valence-corrected chi connectivity index (χ1v) is 16.1. The molecule has 1 aliphatic rings. The maximum absolute atomic E-state index is 14.4. The van der Waals surface area contributed by atoms with Crippen LogP contribution in [0.5, 0.6) is 0 Å². The van der Waals surface area contributed by atoms with Crippen LogP contribution in [-0.2, 0) is 23.9 Å². The summed E-state index contributed by atoms with van der Waals surface area (Å²) >= 11 is 1.39. The number of likely N-dealkylation sites (N-methyl/N-ethyl adjacent to an activating group) is 1. The molecule has 41 heavy (non-hydrogen) atoms. The summed E-state index contributed by atoms with van der Waals surface area (Å²) in [5, 5.41) is 2.46. The number of carbonyl (C=O) groups excluding carboxylic acids is 4. The highest BCUT2D eigenvalue weighted by molar-refractivity contribution is 7.09. The summed E-state index contributed by atoms with van der Waals surface area (Å²) in [5.41, 5.74) is 0.268. The highest BCUT2D eigenvalue weighted by atomic mass is 32.1. The number of ketones is 1. The van der Waals surface area contributed by atoms with Crippen LogP contribution in [0.25, 0.3) is 0 Å². The number of hydrogen-bond donors (Lipinski definition) is 0. The number of thiazole rings is 1. The number of amides is 1. The van der Waals surface area contributed by atoms with Gasteiger partial charge in [-0.1, -0.05) is 54.4 Å². The number of piperidine rings is 1. The predicted octanol–water partition coefficient (Wildman–Crippen LogP) is 5.68. The highest BCUT2D eigenvalue weighted by Gasteiger charge is 2.38. The Balaban J connectivity index is 2.37. The van der Waals surface area contributed by atoms with Gasteiger partial charge in [0.2, 0.25) is 5.91 Å². The van der Waals surface area contributed by atoms with Crippen LogP contribution in [-0.4, -0.2) is 77.9 Å². The zero-order valence-corrected chi connectivity index (χ0v) is 27.1. The largest absolute Gasteiger partial charge is 0.464 e. The van der Waals surface area contributed by atoms with Gasteiger partial charge in [0.05, 0.1) is 18.2 Å². The van der Waals surface area contributed by atoms with Crippen molar-refractivity contribution < 1.29 is 28.7 Å². The molecule has 1 aliphatic heterocycles. The van der Waals surface area contributed by atoms with E-state index in [2.05, 4.69) is 9.88 Å². The second kappa shape index (κ2) is 16.9. The lowest BCUT2D eigenvalue weighted by Crippen LogP contribution is -2.50. The van der Waals surface area contributed by atoms with E-state index in [4.69, 9.17) is 9.47 Å². The van der Waals surface area contributed by atoms with Gasteiger partial charge in [0.1, 0.15) is 0 Å². The average Bonchev–Trinajstić information content (AvgIpc) is 3.45. The molecule has 10 heteroatoms. The maximum atomic E-state index is 14.4. The number of hydrogen-bond acceptors (Lipinski definition) is 9. The first-order chi connectivity index (χ1) is 19.4. The fraction of sp³-hybridized carbons (Fsp3) is 0.774. The Morgan fingerprint density at radius 2 is 1.85 bits per heavy atom. The SMILES string of the molecule is CCCC(=O)OCN(C(=O)[C@@H](CC(=O)[C@H]1CCCCN1C)[C@@H](C)CC)[C@H](C[C@@H](C)c1nc(C(=O)OC)cs1)C(C)C. The Morgan fingerprint density at radius 3 is 2.44 bits per heavy atom. The van der Waals surface area contributed by atoms with E-state index in [-0.39, 0.29) is 72.8 Å². The topological polar surface area (TPSA) is 106 Å². The second-order valence-corrected chi connectivity index (χ2v) is 12.8. The summed E-state index contributed by atoms with van der Waals surface area (Å²) in [6, 6.07) is -0.426. The Morgan fingerprint density at radius 1 is 1.15 bits per heavy atom. The van der Waals surface area contributed by atoms with Gasteiger partial charge in [0.25, 0.3) is 0 Å². The van der Waals surface area contributed by atoms with Gasteiger partial charge in [-0.25, -0.2) is 9.78 Å². The minimum atomic E-state index is -0.505. The molecule has 5 atom stereocenters. The lowest BCUT2D eigenvalue weighted by molar-refractivity contribution is -0.160. The summed E-state index contributed by atoms with van der Waals surface area (Å²) < 4.78 is 10.4. The number of ether oxygens (including phenoxy) is 2. The van der Waals surface area contributed by atoms with Crippen LogP contribution < -0.4 is 0 Å². The van der Waals surface area contributed by atoms with E-state index in [1.807, 2.05) is 48.6 Å². The van der Waals surface area contributed by atoms with Crippen LogP contribution in [0.4, 0.5) is 0 Å². The summed E-state index contributed by atoms with van der Waals surface area (Å²) in [4.78, 5) is 60.6. The van der Waals surface area contributed by atoms with E-state index in [0.29, 0.717) is 12.8 Å². The van der Waals surface area contributed by atoms with E-state index < -0.39 is 11.9 Å². The van der Waals surface area contributed by atoms with Gasteiger partial charge < -0.3 is 14.4 Å². The molecule has 9 nitrogen and oxygen atoms in total. The molecular formula is C31H51N3O6S. The maximum Gasteiger partial charge on any atom is 0.357 e. The first-order valence-electron chi connectivity index (χ1n) is 15.2. The van der Waals surface area contributed by atoms with Crippen molar-refractivity contribution in [2.75, 3.05) is 27.4 Å². The molecule has 0 aromatic carbocycles. The van der Waals surface area contributed by atoms with Crippen LogP contribution in [0.3, 0.4) is 0 Å². The van der Waals surface area contributed by atoms with Gasteiger partial charge in [-0.05, 0) is 51.1 Å². The molecule has 0 saturated carbocycles. The van der Waals surface area contributed by atoms with Crippen molar-refractivity contribution in [1.29, 1.82) is 0 Å². The molecule has 0 unspecified atom stereocenters. The quantitative estimate of drug-likeness (QED) is 0.178. The molecule has 1 saturated heterocycles. The number of likely N-dealkylation sites (tertiary alicyclic amines) is 1. The molecule has 0 radical (unpaired) electrons. The van der Waals surface area contributed by atoms with E-state index in [9.17, 15) is 19.2 Å². The van der Waals surface area contributed by atoms with Crippen molar-refractivity contribution in [3.05, 3.63) is 16.1 Å². The molecule has 1 fully saturated rings. The van der Waals surface area contributed by atoms with Gasteiger partial charge in [0.15, 0.2) is 18.2 Å². The van der Waals surface area contributed by atoms with Crippen molar-refractivity contribution in [1.82, 2.24) is 14.8 Å².